The van der Waals surface area contributed by atoms with Gasteiger partial charge in [-0.15, -0.1) is 29.6 Å². The first-order valence-electron chi connectivity index (χ1n) is 13.9. The highest BCUT2D eigenvalue weighted by molar-refractivity contribution is 7.07. The molecule has 0 spiro atoms. The van der Waals surface area contributed by atoms with Gasteiger partial charge in [-0.25, -0.2) is 14.5 Å². The molecule has 5 rings (SSSR count). The maximum absolute atomic E-state index is 13.0. The minimum absolute atomic E-state index is 0.182. The van der Waals surface area contributed by atoms with E-state index in [9.17, 15) is 23.2 Å². The Labute approximate surface area is 266 Å². The summed E-state index contributed by atoms with van der Waals surface area (Å²) in [6, 6.07) is 18.2. The van der Waals surface area contributed by atoms with E-state index in [4.69, 9.17) is 4.74 Å². The molecule has 0 aliphatic carbocycles. The van der Waals surface area contributed by atoms with Gasteiger partial charge in [0, 0.05) is 16.6 Å². The van der Waals surface area contributed by atoms with Crippen molar-refractivity contribution in [1.29, 1.82) is 5.26 Å². The molecule has 46 heavy (non-hydrogen) atoms. The lowest BCUT2D eigenvalue weighted by atomic mass is 10.0. The lowest BCUT2D eigenvalue weighted by molar-refractivity contribution is -0.274. The van der Waals surface area contributed by atoms with Gasteiger partial charge in [-0.2, -0.15) is 10.3 Å². The number of rotatable bonds is 8. The van der Waals surface area contributed by atoms with Crippen molar-refractivity contribution in [2.45, 2.75) is 39.1 Å². The molecule has 0 saturated heterocycles. The van der Waals surface area contributed by atoms with Crippen LogP contribution in [0.4, 0.5) is 18.0 Å². The highest BCUT2D eigenvalue weighted by Gasteiger charge is 2.31. The van der Waals surface area contributed by atoms with E-state index in [1.165, 1.54) is 46.6 Å². The number of hydrogen-bond acceptors (Lipinski definition) is 7. The van der Waals surface area contributed by atoms with Gasteiger partial charge in [0.05, 0.1) is 24.6 Å². The first kappa shape index (κ1) is 32.0. The average Bonchev–Trinajstić information content (AvgIpc) is 3.66. The fourth-order valence-electron chi connectivity index (χ4n) is 4.67. The van der Waals surface area contributed by atoms with Gasteiger partial charge in [0.25, 0.3) is 0 Å². The number of halogens is 3. The fourth-order valence-corrected chi connectivity index (χ4v) is 5.53. The van der Waals surface area contributed by atoms with Crippen molar-refractivity contribution >= 4 is 17.4 Å². The summed E-state index contributed by atoms with van der Waals surface area (Å²) in [5, 5.41) is 18.8. The third-order valence-corrected chi connectivity index (χ3v) is 7.84. The topological polar surface area (TPSA) is 119 Å². The van der Waals surface area contributed by atoms with E-state index in [0.29, 0.717) is 27.4 Å². The smallest absolute Gasteiger partial charge is 0.497 e. The number of ether oxygens (including phenoxy) is 2. The van der Waals surface area contributed by atoms with Gasteiger partial charge >= 0.3 is 12.4 Å². The molecule has 0 aliphatic heterocycles. The molecule has 0 radical (unpaired) electrons. The van der Waals surface area contributed by atoms with Crippen molar-refractivity contribution in [3.05, 3.63) is 100 Å². The van der Waals surface area contributed by atoms with Crippen LogP contribution in [0.25, 0.3) is 22.8 Å². The molecule has 3 aromatic carbocycles. The Hall–Kier alpha value is -5.42. The van der Waals surface area contributed by atoms with E-state index in [1.54, 1.807) is 31.4 Å². The van der Waals surface area contributed by atoms with Crippen molar-refractivity contribution < 1.29 is 27.4 Å². The Morgan fingerprint density at radius 3 is 2.39 bits per heavy atom. The largest absolute Gasteiger partial charge is 0.573 e. The normalized spacial score (nSPS) is 12.5. The molecule has 0 aliphatic rings. The molecule has 0 bridgehead atoms. The monoisotopic (exact) mass is 647 g/mol. The fraction of sp³-hybridized carbons (Fsp3) is 0.219. The maximum Gasteiger partial charge on any atom is 0.573 e. The molecule has 5 aromatic rings. The van der Waals surface area contributed by atoms with Gasteiger partial charge in [-0.3, -0.25) is 4.57 Å². The van der Waals surface area contributed by atoms with Crippen LogP contribution in [0, 0.1) is 18.3 Å². The van der Waals surface area contributed by atoms with Gasteiger partial charge in [-0.1, -0.05) is 38.1 Å². The molecule has 1 atom stereocenters. The van der Waals surface area contributed by atoms with Crippen molar-refractivity contribution in [2.24, 2.45) is 4.99 Å². The molecule has 2 heterocycles. The Kier molecular flexibility index (Phi) is 9.24. The van der Waals surface area contributed by atoms with Crippen LogP contribution in [0.5, 0.6) is 11.5 Å². The van der Waals surface area contributed by atoms with Gasteiger partial charge in [0.15, 0.2) is 10.6 Å². The van der Waals surface area contributed by atoms with Crippen LogP contribution >= 0.6 is 11.3 Å². The number of amides is 2. The Morgan fingerprint density at radius 1 is 1.07 bits per heavy atom. The Morgan fingerprint density at radius 2 is 1.76 bits per heavy atom. The summed E-state index contributed by atoms with van der Waals surface area (Å²) in [6.45, 7) is 6.09. The number of hydrogen-bond donors (Lipinski definition) is 1. The maximum atomic E-state index is 13.0. The third kappa shape index (κ3) is 7.27. The van der Waals surface area contributed by atoms with E-state index >= 15 is 0 Å². The molecule has 1 unspecified atom stereocenters. The van der Waals surface area contributed by atoms with Gasteiger partial charge < -0.3 is 14.8 Å². The summed E-state index contributed by atoms with van der Waals surface area (Å²) in [5.41, 5.74) is 4.46. The zero-order valence-electron chi connectivity index (χ0n) is 25.1. The van der Waals surface area contributed by atoms with Gasteiger partial charge in [-0.05, 0) is 66.4 Å². The number of carbonyl (C=O) groups excluding carboxylic acids is 1. The van der Waals surface area contributed by atoms with E-state index in [2.05, 4.69) is 45.0 Å². The highest BCUT2D eigenvalue weighted by atomic mass is 32.1. The number of carbonyl (C=O) groups is 1. The molecule has 0 saturated carbocycles. The Bertz CT molecular complexity index is 1950. The molecule has 10 nitrogen and oxygen atoms in total. The summed E-state index contributed by atoms with van der Waals surface area (Å²) < 4.78 is 49.9. The third-order valence-electron chi connectivity index (χ3n) is 6.90. The van der Waals surface area contributed by atoms with Crippen LogP contribution < -0.4 is 19.6 Å². The molecule has 1 N–H and O–H groups in total. The molecule has 14 heteroatoms. The van der Waals surface area contributed by atoms with E-state index < -0.39 is 18.4 Å². The quantitative estimate of drug-likeness (QED) is 0.194. The summed E-state index contributed by atoms with van der Waals surface area (Å²) in [6.07, 6.45) is -3.35. The average molecular weight is 648 g/mol. The molecule has 2 amide bonds. The van der Waals surface area contributed by atoms with Crippen LogP contribution in [-0.4, -0.2) is 38.8 Å². The SMILES string of the molecule is COc1ccc(-n2c(C)csc2=NC(=O)NC(C#N)c2ccc(-c3ncn(-c4ccc(OC(F)(F)F)cc4)n3)cc2)c(C(C)C)c1. The van der Waals surface area contributed by atoms with Crippen LogP contribution in [0.3, 0.4) is 0 Å². The minimum atomic E-state index is -4.78. The lowest BCUT2D eigenvalue weighted by Gasteiger charge is -2.16. The number of alkyl halides is 3. The number of benzene rings is 3. The van der Waals surface area contributed by atoms with E-state index in [0.717, 1.165) is 22.7 Å². The van der Waals surface area contributed by atoms with Crippen LogP contribution in [-0.2, 0) is 0 Å². The van der Waals surface area contributed by atoms with Crippen molar-refractivity contribution in [3.63, 3.8) is 0 Å². The zero-order chi connectivity index (χ0) is 33.0. The predicted molar refractivity (Wildman–Crippen MR) is 165 cm³/mol. The minimum Gasteiger partial charge on any atom is -0.497 e. The molecule has 236 valence electrons. The number of methoxy groups -OCH3 is 1. The van der Waals surface area contributed by atoms with Gasteiger partial charge in [0.1, 0.15) is 23.9 Å². The second kappa shape index (κ2) is 13.3. The first-order chi connectivity index (χ1) is 22.0. The van der Waals surface area contributed by atoms with Crippen LogP contribution in [0.1, 0.15) is 42.6 Å². The number of aryl methyl sites for hydroxylation is 1. The molecular formula is C32H28F3N7O3S. The van der Waals surface area contributed by atoms with Crippen LogP contribution in [0.2, 0.25) is 0 Å². The lowest BCUT2D eigenvalue weighted by Crippen LogP contribution is -2.28. The number of urea groups is 1. The second-order valence-electron chi connectivity index (χ2n) is 10.4. The van der Waals surface area contributed by atoms with Crippen molar-refractivity contribution in [1.82, 2.24) is 24.6 Å². The number of nitrogens with one attached hydrogen (secondary N) is 1. The van der Waals surface area contributed by atoms with Crippen molar-refractivity contribution in [2.75, 3.05) is 7.11 Å². The number of aromatic nitrogens is 4. The summed E-state index contributed by atoms with van der Waals surface area (Å²) in [4.78, 5) is 22.1. The van der Waals surface area contributed by atoms with Crippen LogP contribution in [0.15, 0.2) is 83.4 Å². The second-order valence-corrected chi connectivity index (χ2v) is 11.2. The number of thiazole rings is 1. The Balaban J connectivity index is 1.32. The summed E-state index contributed by atoms with van der Waals surface area (Å²) >= 11 is 1.32. The number of nitriles is 1. The standard InChI is InChI=1S/C32H28F3N7O3S/c1-19(2)26-15-25(44-4)13-14-28(26)42-20(3)17-46-31(42)39-30(43)38-27(16-36)21-5-7-22(8-6-21)29-37-18-41(40-29)23-9-11-24(12-10-23)45-32(33,34)35/h5-15,17-19,27H,1-4H3,(H,38,43). The summed E-state index contributed by atoms with van der Waals surface area (Å²) in [5.74, 6) is 0.923. The zero-order valence-corrected chi connectivity index (χ0v) is 25.9. The first-order valence-corrected chi connectivity index (χ1v) is 14.8. The molecular weight excluding hydrogens is 619 g/mol. The summed E-state index contributed by atoms with van der Waals surface area (Å²) in [7, 11) is 1.61. The highest BCUT2D eigenvalue weighted by Crippen LogP contribution is 2.28. The predicted octanol–water partition coefficient (Wildman–Crippen LogP) is 7.00. The van der Waals surface area contributed by atoms with E-state index in [1.807, 2.05) is 35.1 Å². The van der Waals surface area contributed by atoms with Gasteiger partial charge in [0.2, 0.25) is 0 Å². The molecule has 0 fully saturated rings. The number of nitrogens with zero attached hydrogens (tertiary/aromatic N) is 6. The van der Waals surface area contributed by atoms with Crippen molar-refractivity contribution in [3.8, 4) is 40.3 Å². The molecule has 2 aromatic heterocycles. The van der Waals surface area contributed by atoms with E-state index in [-0.39, 0.29) is 11.7 Å².